The maximum absolute atomic E-state index is 5.59. The molecule has 0 aliphatic carbocycles. The largest absolute Gasteiger partial charge is 0.496 e. The molecule has 1 aromatic heterocycles. The van der Waals surface area contributed by atoms with Crippen molar-refractivity contribution < 1.29 is 9.15 Å². The van der Waals surface area contributed by atoms with Gasteiger partial charge in [0, 0.05) is 11.6 Å². The molecule has 0 saturated carbocycles. The van der Waals surface area contributed by atoms with Crippen molar-refractivity contribution in [1.82, 2.24) is 5.32 Å². The Balaban J connectivity index is 2.15. The first-order valence-corrected chi connectivity index (χ1v) is 7.46. The summed E-state index contributed by atoms with van der Waals surface area (Å²) in [5.74, 6) is 1.82. The Morgan fingerprint density at radius 1 is 1.15 bits per heavy atom. The molecule has 20 heavy (non-hydrogen) atoms. The van der Waals surface area contributed by atoms with E-state index in [1.165, 1.54) is 5.56 Å². The number of aryl methyl sites for hydroxylation is 1. The van der Waals surface area contributed by atoms with Crippen molar-refractivity contribution in [3.05, 3.63) is 51.9 Å². The number of methoxy groups -OCH3 is 1. The maximum Gasteiger partial charge on any atom is 0.169 e. The van der Waals surface area contributed by atoms with Gasteiger partial charge in [-0.3, -0.25) is 0 Å². The van der Waals surface area contributed by atoms with Gasteiger partial charge in [-0.2, -0.15) is 0 Å². The summed E-state index contributed by atoms with van der Waals surface area (Å²) >= 11 is 3.33. The summed E-state index contributed by atoms with van der Waals surface area (Å²) in [5.41, 5.74) is 2.38. The van der Waals surface area contributed by atoms with Crippen molar-refractivity contribution in [1.29, 1.82) is 0 Å². The Bertz CT molecular complexity index is 580. The quantitative estimate of drug-likeness (QED) is 0.853. The summed E-state index contributed by atoms with van der Waals surface area (Å²) in [6.07, 6.45) is 0. The molecule has 2 unspecified atom stereocenters. The third kappa shape index (κ3) is 3.44. The SMILES string of the molecule is COc1ccc(C)cc1C(C)NC(C)c1ccc(Br)o1. The first-order valence-electron chi connectivity index (χ1n) is 6.67. The van der Waals surface area contributed by atoms with Gasteiger partial charge in [0.05, 0.1) is 13.2 Å². The lowest BCUT2D eigenvalue weighted by atomic mass is 10.0. The van der Waals surface area contributed by atoms with Crippen LogP contribution in [0.4, 0.5) is 0 Å². The number of hydrogen-bond acceptors (Lipinski definition) is 3. The molecule has 1 N–H and O–H groups in total. The average molecular weight is 338 g/mol. The zero-order valence-corrected chi connectivity index (χ0v) is 13.8. The van der Waals surface area contributed by atoms with Gasteiger partial charge in [0.15, 0.2) is 4.67 Å². The fourth-order valence-electron chi connectivity index (χ4n) is 2.30. The number of halogens is 1. The zero-order valence-electron chi connectivity index (χ0n) is 12.2. The number of hydrogen-bond donors (Lipinski definition) is 1. The van der Waals surface area contributed by atoms with E-state index in [1.54, 1.807) is 7.11 Å². The van der Waals surface area contributed by atoms with Crippen LogP contribution in [0.15, 0.2) is 39.4 Å². The van der Waals surface area contributed by atoms with Crippen molar-refractivity contribution in [3.63, 3.8) is 0 Å². The van der Waals surface area contributed by atoms with Gasteiger partial charge < -0.3 is 14.5 Å². The minimum atomic E-state index is 0.126. The van der Waals surface area contributed by atoms with E-state index in [-0.39, 0.29) is 12.1 Å². The minimum absolute atomic E-state index is 0.126. The molecule has 0 aliphatic rings. The standard InChI is InChI=1S/C16H20BrNO2/c1-10-5-6-15(19-4)13(9-10)11(2)18-12(3)14-7-8-16(17)20-14/h5-9,11-12,18H,1-4H3. The number of ether oxygens (including phenoxy) is 1. The van der Waals surface area contributed by atoms with E-state index in [1.807, 2.05) is 18.2 Å². The van der Waals surface area contributed by atoms with Crippen molar-refractivity contribution >= 4 is 15.9 Å². The first kappa shape index (κ1) is 15.1. The van der Waals surface area contributed by atoms with Crippen LogP contribution in [0.25, 0.3) is 0 Å². The second-order valence-electron chi connectivity index (χ2n) is 5.00. The molecule has 0 fully saturated rings. The van der Waals surface area contributed by atoms with Crippen molar-refractivity contribution in [2.75, 3.05) is 7.11 Å². The Labute approximate surface area is 128 Å². The molecule has 0 saturated heterocycles. The highest BCUT2D eigenvalue weighted by Gasteiger charge is 2.17. The molecule has 2 rings (SSSR count). The molecule has 0 amide bonds. The van der Waals surface area contributed by atoms with Gasteiger partial charge in [-0.25, -0.2) is 0 Å². The smallest absolute Gasteiger partial charge is 0.169 e. The number of rotatable bonds is 5. The highest BCUT2D eigenvalue weighted by atomic mass is 79.9. The van der Waals surface area contributed by atoms with Crippen LogP contribution in [0.1, 0.15) is 42.8 Å². The van der Waals surface area contributed by atoms with E-state index in [2.05, 4.69) is 54.2 Å². The lowest BCUT2D eigenvalue weighted by Gasteiger charge is -2.21. The molecule has 1 aromatic carbocycles. The van der Waals surface area contributed by atoms with Crippen LogP contribution in [0.3, 0.4) is 0 Å². The van der Waals surface area contributed by atoms with Gasteiger partial charge in [-0.1, -0.05) is 17.7 Å². The zero-order chi connectivity index (χ0) is 14.7. The van der Waals surface area contributed by atoms with Crippen LogP contribution in [0, 0.1) is 6.92 Å². The molecule has 108 valence electrons. The summed E-state index contributed by atoms with van der Waals surface area (Å²) in [6.45, 7) is 6.30. The summed E-state index contributed by atoms with van der Waals surface area (Å²) in [4.78, 5) is 0. The predicted octanol–water partition coefficient (Wildman–Crippen LogP) is 4.77. The second kappa shape index (κ2) is 6.46. The maximum atomic E-state index is 5.59. The van der Waals surface area contributed by atoms with Gasteiger partial charge in [0.2, 0.25) is 0 Å². The summed E-state index contributed by atoms with van der Waals surface area (Å²) in [7, 11) is 1.70. The monoisotopic (exact) mass is 337 g/mol. The van der Waals surface area contributed by atoms with Crippen LogP contribution in [-0.4, -0.2) is 7.11 Å². The van der Waals surface area contributed by atoms with E-state index in [0.29, 0.717) is 0 Å². The third-order valence-electron chi connectivity index (χ3n) is 3.37. The Kier molecular flexibility index (Phi) is 4.89. The van der Waals surface area contributed by atoms with Gasteiger partial charge in [-0.05, 0) is 54.9 Å². The molecule has 3 nitrogen and oxygen atoms in total. The van der Waals surface area contributed by atoms with Crippen LogP contribution < -0.4 is 10.1 Å². The highest BCUT2D eigenvalue weighted by Crippen LogP contribution is 2.29. The van der Waals surface area contributed by atoms with Gasteiger partial charge in [0.25, 0.3) is 0 Å². The summed E-state index contributed by atoms with van der Waals surface area (Å²) < 4.78 is 11.8. The molecule has 2 aromatic rings. The van der Waals surface area contributed by atoms with Gasteiger partial charge in [-0.15, -0.1) is 0 Å². The Morgan fingerprint density at radius 2 is 1.90 bits per heavy atom. The van der Waals surface area contributed by atoms with Gasteiger partial charge >= 0.3 is 0 Å². The third-order valence-corrected chi connectivity index (χ3v) is 3.80. The predicted molar refractivity (Wildman–Crippen MR) is 84.1 cm³/mol. The summed E-state index contributed by atoms with van der Waals surface area (Å²) in [6, 6.07) is 10.4. The molecular formula is C16H20BrNO2. The molecule has 1 heterocycles. The van der Waals surface area contributed by atoms with E-state index >= 15 is 0 Å². The minimum Gasteiger partial charge on any atom is -0.496 e. The van der Waals surface area contributed by atoms with E-state index in [9.17, 15) is 0 Å². The lowest BCUT2D eigenvalue weighted by molar-refractivity contribution is 0.375. The van der Waals surface area contributed by atoms with E-state index in [4.69, 9.17) is 9.15 Å². The van der Waals surface area contributed by atoms with Crippen molar-refractivity contribution in [2.45, 2.75) is 32.9 Å². The molecule has 2 atom stereocenters. The molecule has 0 spiro atoms. The number of furan rings is 1. The molecule has 4 heteroatoms. The van der Waals surface area contributed by atoms with E-state index < -0.39 is 0 Å². The molecule has 0 bridgehead atoms. The molecule has 0 radical (unpaired) electrons. The summed E-state index contributed by atoms with van der Waals surface area (Å²) in [5, 5.41) is 3.53. The van der Waals surface area contributed by atoms with Crippen LogP contribution in [0.5, 0.6) is 5.75 Å². The Hall–Kier alpha value is -1.26. The van der Waals surface area contributed by atoms with Crippen LogP contribution in [0.2, 0.25) is 0 Å². The Morgan fingerprint density at radius 3 is 2.50 bits per heavy atom. The second-order valence-corrected chi connectivity index (χ2v) is 5.78. The van der Waals surface area contributed by atoms with Crippen LogP contribution in [-0.2, 0) is 0 Å². The van der Waals surface area contributed by atoms with Crippen LogP contribution >= 0.6 is 15.9 Å². The highest BCUT2D eigenvalue weighted by molar-refractivity contribution is 9.10. The molecular weight excluding hydrogens is 318 g/mol. The number of nitrogens with one attached hydrogen (secondary N) is 1. The van der Waals surface area contributed by atoms with Crippen molar-refractivity contribution in [2.24, 2.45) is 0 Å². The molecule has 0 aliphatic heterocycles. The lowest BCUT2D eigenvalue weighted by Crippen LogP contribution is -2.22. The van der Waals surface area contributed by atoms with E-state index in [0.717, 1.165) is 21.7 Å². The van der Waals surface area contributed by atoms with Gasteiger partial charge in [0.1, 0.15) is 11.5 Å². The fraction of sp³-hybridized carbons (Fsp3) is 0.375. The normalized spacial score (nSPS) is 14.1. The first-order chi connectivity index (χ1) is 9.51. The number of benzene rings is 1. The fourth-order valence-corrected chi connectivity index (χ4v) is 2.62. The topological polar surface area (TPSA) is 34.4 Å². The van der Waals surface area contributed by atoms with Crippen molar-refractivity contribution in [3.8, 4) is 5.75 Å². The average Bonchev–Trinajstić information content (AvgIpc) is 2.85.